The average Bonchev–Trinajstić information content (AvgIpc) is 2.00. The van der Waals surface area contributed by atoms with Crippen LogP contribution in [0.2, 0.25) is 0 Å². The summed E-state index contributed by atoms with van der Waals surface area (Å²) in [5.41, 5.74) is -5.96. The molecular formula is C3H6F3N2O5S2-. The van der Waals surface area contributed by atoms with Gasteiger partial charge < -0.3 is 5.21 Å². The summed E-state index contributed by atoms with van der Waals surface area (Å²) in [6.45, 7) is 0. The van der Waals surface area contributed by atoms with E-state index in [1.54, 1.807) is 0 Å². The topological polar surface area (TPSA) is 97.8 Å². The van der Waals surface area contributed by atoms with Crippen LogP contribution in [0.1, 0.15) is 0 Å². The van der Waals surface area contributed by atoms with Crippen LogP contribution in [0.15, 0.2) is 0 Å². The van der Waals surface area contributed by atoms with E-state index in [4.69, 9.17) is 0 Å². The molecule has 0 aliphatic carbocycles. The van der Waals surface area contributed by atoms with Gasteiger partial charge in [-0.05, 0) is 0 Å². The first-order valence-electron chi connectivity index (χ1n) is 3.06. The van der Waals surface area contributed by atoms with Crippen LogP contribution in [0.3, 0.4) is 0 Å². The molecule has 92 valence electrons. The van der Waals surface area contributed by atoms with Crippen LogP contribution in [0.5, 0.6) is 0 Å². The summed E-state index contributed by atoms with van der Waals surface area (Å²) >= 11 is 0. The Labute approximate surface area is 83.9 Å². The second-order valence-electron chi connectivity index (χ2n) is 2.40. The van der Waals surface area contributed by atoms with Crippen LogP contribution >= 0.6 is 0 Å². The lowest BCUT2D eigenvalue weighted by molar-refractivity contribution is -0.0462. The second kappa shape index (κ2) is 3.86. The molecule has 7 nitrogen and oxygen atoms in total. The molecule has 0 aliphatic heterocycles. The molecule has 15 heavy (non-hydrogen) atoms. The fourth-order valence-electron chi connectivity index (χ4n) is 0.342. The Morgan fingerprint density at radius 3 is 1.60 bits per heavy atom. The first-order valence-corrected chi connectivity index (χ1v) is 5.90. The van der Waals surface area contributed by atoms with Gasteiger partial charge in [-0.2, -0.15) is 25.9 Å². The van der Waals surface area contributed by atoms with Crippen molar-refractivity contribution in [2.75, 3.05) is 14.1 Å². The lowest BCUT2D eigenvalue weighted by atomic mass is 11.3. The molecule has 0 aromatic rings. The van der Waals surface area contributed by atoms with Gasteiger partial charge in [0.25, 0.3) is 10.2 Å². The summed E-state index contributed by atoms with van der Waals surface area (Å²) in [5.74, 6) is 0. The summed E-state index contributed by atoms with van der Waals surface area (Å²) in [6.07, 6.45) is 0. The Balaban J connectivity index is 5.51. The van der Waals surface area contributed by atoms with E-state index in [-0.39, 0.29) is 4.31 Å². The molecule has 0 radical (unpaired) electrons. The first-order chi connectivity index (χ1) is 6.35. The van der Waals surface area contributed by atoms with Crippen LogP contribution in [-0.4, -0.2) is 44.6 Å². The van der Waals surface area contributed by atoms with Gasteiger partial charge in [0.1, 0.15) is 0 Å². The number of hydrogen-bond acceptors (Lipinski definition) is 5. The zero-order chi connectivity index (χ0) is 12.7. The van der Waals surface area contributed by atoms with Gasteiger partial charge >= 0.3 is 15.5 Å². The molecule has 0 spiro atoms. The molecule has 0 fully saturated rings. The first kappa shape index (κ1) is 14.6. The zero-order valence-electron chi connectivity index (χ0n) is 7.39. The Morgan fingerprint density at radius 1 is 1.07 bits per heavy atom. The molecule has 0 atom stereocenters. The van der Waals surface area contributed by atoms with Crippen molar-refractivity contribution in [3.8, 4) is 0 Å². The maximum atomic E-state index is 11.8. The predicted molar refractivity (Wildman–Crippen MR) is 42.8 cm³/mol. The van der Waals surface area contributed by atoms with Gasteiger partial charge in [-0.15, -0.1) is 3.87 Å². The maximum absolute atomic E-state index is 11.8. The maximum Gasteiger partial charge on any atom is 0.511 e. The van der Waals surface area contributed by atoms with E-state index < -0.39 is 29.6 Å². The number of halogens is 3. The quantitative estimate of drug-likeness (QED) is 0.641. The third kappa shape index (κ3) is 2.57. The minimum Gasteiger partial charge on any atom is -0.758 e. The van der Waals surface area contributed by atoms with E-state index in [1.807, 2.05) is 0 Å². The monoisotopic (exact) mass is 271 g/mol. The van der Waals surface area contributed by atoms with E-state index in [0.717, 1.165) is 0 Å². The molecular weight excluding hydrogens is 265 g/mol. The van der Waals surface area contributed by atoms with E-state index >= 15 is 0 Å². The van der Waals surface area contributed by atoms with Crippen molar-refractivity contribution < 1.29 is 30.0 Å². The van der Waals surface area contributed by atoms with Crippen molar-refractivity contribution in [1.82, 2.24) is 8.18 Å². The summed E-state index contributed by atoms with van der Waals surface area (Å²) in [4.78, 5) is 0. The molecule has 0 saturated carbocycles. The minimum absolute atomic E-state index is 0.0449. The highest BCUT2D eigenvalue weighted by molar-refractivity contribution is 8.03. The standard InChI is InChI=1S/C3H6F3N2O5S2/c1-7(2)15(12,13)8(9)14(10,11)3(4,5)6/h1-2H3/q-1. The van der Waals surface area contributed by atoms with Crippen molar-refractivity contribution in [2.45, 2.75) is 5.51 Å². The molecule has 0 aromatic carbocycles. The molecule has 0 bridgehead atoms. The summed E-state index contributed by atoms with van der Waals surface area (Å²) < 4.78 is 75.7. The smallest absolute Gasteiger partial charge is 0.511 e. The fourth-order valence-corrected chi connectivity index (χ4v) is 2.42. The van der Waals surface area contributed by atoms with E-state index in [0.29, 0.717) is 14.1 Å². The summed E-state index contributed by atoms with van der Waals surface area (Å²) in [7, 11) is -10.2. The molecule has 0 N–H and O–H groups in total. The highest BCUT2D eigenvalue weighted by Crippen LogP contribution is 2.28. The highest BCUT2D eigenvalue weighted by Gasteiger charge is 2.50. The Morgan fingerprint density at radius 2 is 1.40 bits per heavy atom. The lowest BCUT2D eigenvalue weighted by Gasteiger charge is -2.29. The third-order valence-electron chi connectivity index (χ3n) is 1.14. The second-order valence-corrected chi connectivity index (χ2v) is 6.34. The van der Waals surface area contributed by atoms with E-state index in [2.05, 4.69) is 0 Å². The molecule has 0 rings (SSSR count). The van der Waals surface area contributed by atoms with E-state index in [1.165, 1.54) is 0 Å². The van der Waals surface area contributed by atoms with Gasteiger partial charge in [-0.1, -0.05) is 0 Å². The Hall–Kier alpha value is -0.430. The van der Waals surface area contributed by atoms with Crippen LogP contribution in [0.25, 0.3) is 0 Å². The largest absolute Gasteiger partial charge is 0.758 e. The average molecular weight is 271 g/mol. The Bertz CT molecular complexity index is 423. The molecule has 0 unspecified atom stereocenters. The normalized spacial score (nSPS) is 14.9. The molecule has 12 heteroatoms. The van der Waals surface area contributed by atoms with Crippen LogP contribution in [0.4, 0.5) is 13.2 Å². The number of nitrogens with zero attached hydrogens (tertiary/aromatic N) is 2. The highest BCUT2D eigenvalue weighted by atomic mass is 32.3. The third-order valence-corrected chi connectivity index (χ3v) is 4.57. The van der Waals surface area contributed by atoms with Gasteiger partial charge in [0.15, 0.2) is 0 Å². The van der Waals surface area contributed by atoms with Crippen LogP contribution < -0.4 is 0 Å². The molecule has 0 amide bonds. The fraction of sp³-hybridized carbons (Fsp3) is 1.00. The van der Waals surface area contributed by atoms with Gasteiger partial charge in [0.2, 0.25) is 0 Å². The van der Waals surface area contributed by atoms with E-state index in [9.17, 15) is 35.2 Å². The van der Waals surface area contributed by atoms with Crippen LogP contribution in [0, 0.1) is 5.21 Å². The number of hydrogen-bond donors (Lipinski definition) is 0. The Kier molecular flexibility index (Phi) is 3.75. The summed E-state index contributed by atoms with van der Waals surface area (Å²) in [5, 5.41) is 10.6. The van der Waals surface area contributed by atoms with Gasteiger partial charge in [0, 0.05) is 14.1 Å². The zero-order valence-corrected chi connectivity index (χ0v) is 9.02. The lowest BCUT2D eigenvalue weighted by Crippen LogP contribution is -2.45. The molecule has 0 aliphatic rings. The van der Waals surface area contributed by atoms with Gasteiger partial charge in [0.05, 0.1) is 0 Å². The van der Waals surface area contributed by atoms with Crippen molar-refractivity contribution in [2.24, 2.45) is 0 Å². The summed E-state index contributed by atoms with van der Waals surface area (Å²) in [6, 6.07) is 0. The van der Waals surface area contributed by atoms with Gasteiger partial charge in [-0.3, -0.25) is 0 Å². The SMILES string of the molecule is CN(C)S(=O)(=O)N([O-])S(=O)(=O)C(F)(F)F. The predicted octanol–water partition coefficient (Wildman–Crippen LogP) is -0.558. The van der Waals surface area contributed by atoms with Crippen molar-refractivity contribution >= 4 is 20.2 Å². The molecule has 0 aromatic heterocycles. The molecule has 0 saturated heterocycles. The molecule has 0 heterocycles. The van der Waals surface area contributed by atoms with Crippen molar-refractivity contribution in [3.05, 3.63) is 5.21 Å². The number of sulfonamides is 1. The van der Waals surface area contributed by atoms with Crippen molar-refractivity contribution in [3.63, 3.8) is 0 Å². The minimum atomic E-state index is -6.43. The van der Waals surface area contributed by atoms with Crippen molar-refractivity contribution in [1.29, 1.82) is 0 Å². The van der Waals surface area contributed by atoms with Gasteiger partial charge in [-0.25, -0.2) is 8.42 Å². The number of rotatable bonds is 3. The number of alkyl halides is 3. The van der Waals surface area contributed by atoms with Crippen LogP contribution in [-0.2, 0) is 20.2 Å².